The Bertz CT molecular complexity index is 781. The molecule has 0 bridgehead atoms. The fraction of sp³-hybridized carbons (Fsp3) is 0.167. The largest absolute Gasteiger partial charge is 0.455 e. The van der Waals surface area contributed by atoms with Crippen molar-refractivity contribution in [1.82, 2.24) is 4.98 Å². The maximum Gasteiger partial charge on any atom is 0.153 e. The second-order valence-electron chi connectivity index (χ2n) is 5.21. The molecule has 0 saturated carbocycles. The van der Waals surface area contributed by atoms with Crippen LogP contribution in [-0.2, 0) is 0 Å². The molecular formula is C18H18N2O. The molecule has 0 radical (unpaired) electrons. The van der Waals surface area contributed by atoms with Crippen LogP contribution in [0.2, 0.25) is 0 Å². The van der Waals surface area contributed by atoms with Crippen LogP contribution in [0.3, 0.4) is 0 Å². The number of nitrogens with two attached hydrogens (primary N) is 1. The summed E-state index contributed by atoms with van der Waals surface area (Å²) in [4.78, 5) is 4.59. The number of aromatic nitrogens is 1. The van der Waals surface area contributed by atoms with E-state index in [1.165, 1.54) is 0 Å². The van der Waals surface area contributed by atoms with Crippen LogP contribution < -0.4 is 10.5 Å². The molecule has 0 spiro atoms. The van der Waals surface area contributed by atoms with E-state index in [0.717, 1.165) is 33.7 Å². The molecule has 3 heteroatoms. The number of rotatable bonds is 3. The predicted octanol–water partition coefficient (Wildman–Crippen LogP) is 4.36. The van der Waals surface area contributed by atoms with E-state index in [1.807, 2.05) is 62.4 Å². The fourth-order valence-corrected chi connectivity index (χ4v) is 2.37. The normalized spacial score (nSPS) is 12.3. The van der Waals surface area contributed by atoms with Gasteiger partial charge < -0.3 is 10.5 Å². The highest BCUT2D eigenvalue weighted by Crippen LogP contribution is 2.32. The number of fused-ring (bicyclic) bond motifs is 1. The van der Waals surface area contributed by atoms with Crippen LogP contribution in [0.15, 0.2) is 54.6 Å². The van der Waals surface area contributed by atoms with Crippen molar-refractivity contribution >= 4 is 10.9 Å². The number of pyridine rings is 1. The Hall–Kier alpha value is -2.39. The fourth-order valence-electron chi connectivity index (χ4n) is 2.37. The molecule has 3 aromatic rings. The third-order valence-electron chi connectivity index (χ3n) is 3.45. The van der Waals surface area contributed by atoms with Gasteiger partial charge >= 0.3 is 0 Å². The van der Waals surface area contributed by atoms with Gasteiger partial charge in [0.25, 0.3) is 0 Å². The number of ether oxygens (including phenoxy) is 1. The van der Waals surface area contributed by atoms with Gasteiger partial charge in [-0.1, -0.05) is 36.4 Å². The number of hydrogen-bond donors (Lipinski definition) is 1. The van der Waals surface area contributed by atoms with Crippen LogP contribution in [-0.4, -0.2) is 4.98 Å². The molecular weight excluding hydrogens is 260 g/mol. The highest BCUT2D eigenvalue weighted by molar-refractivity contribution is 5.84. The maximum atomic E-state index is 6.10. The lowest BCUT2D eigenvalue weighted by atomic mass is 10.1. The average molecular weight is 278 g/mol. The zero-order valence-corrected chi connectivity index (χ0v) is 12.2. The van der Waals surface area contributed by atoms with Crippen molar-refractivity contribution in [3.63, 3.8) is 0 Å². The molecule has 1 atom stereocenters. The summed E-state index contributed by atoms with van der Waals surface area (Å²) in [6.07, 6.45) is 0. The van der Waals surface area contributed by atoms with Crippen molar-refractivity contribution in [1.29, 1.82) is 0 Å². The summed E-state index contributed by atoms with van der Waals surface area (Å²) in [5.74, 6) is 1.53. The third kappa shape index (κ3) is 2.73. The summed E-state index contributed by atoms with van der Waals surface area (Å²) < 4.78 is 6.10. The minimum atomic E-state index is -0.0779. The maximum absolute atomic E-state index is 6.10. The van der Waals surface area contributed by atoms with Gasteiger partial charge in [-0.05, 0) is 32.0 Å². The molecule has 106 valence electrons. The van der Waals surface area contributed by atoms with Crippen molar-refractivity contribution in [2.45, 2.75) is 19.9 Å². The van der Waals surface area contributed by atoms with Crippen LogP contribution in [0.25, 0.3) is 10.9 Å². The molecule has 2 aromatic carbocycles. The molecule has 0 amide bonds. The smallest absolute Gasteiger partial charge is 0.153 e. The lowest BCUT2D eigenvalue weighted by Crippen LogP contribution is -2.06. The number of aryl methyl sites for hydroxylation is 1. The molecule has 0 aliphatic heterocycles. The summed E-state index contributed by atoms with van der Waals surface area (Å²) in [5, 5.41) is 1.07. The van der Waals surface area contributed by atoms with Crippen LogP contribution in [0.5, 0.6) is 11.5 Å². The van der Waals surface area contributed by atoms with Crippen LogP contribution in [0.4, 0.5) is 0 Å². The van der Waals surface area contributed by atoms with Gasteiger partial charge in [0.05, 0.1) is 0 Å². The predicted molar refractivity (Wildman–Crippen MR) is 85.6 cm³/mol. The summed E-state index contributed by atoms with van der Waals surface area (Å²) in [6, 6.07) is 17.8. The Labute approximate surface area is 124 Å². The molecule has 2 N–H and O–H groups in total. The zero-order chi connectivity index (χ0) is 14.8. The van der Waals surface area contributed by atoms with Gasteiger partial charge in [0.1, 0.15) is 11.3 Å². The molecule has 0 aliphatic carbocycles. The van der Waals surface area contributed by atoms with E-state index in [1.54, 1.807) is 0 Å². The number of benzene rings is 2. The molecule has 0 aliphatic rings. The lowest BCUT2D eigenvalue weighted by molar-refractivity contribution is 0.476. The SMILES string of the molecule is Cc1ccc2cccc(Oc3ccccc3[C@H](C)N)c2n1. The van der Waals surface area contributed by atoms with E-state index in [2.05, 4.69) is 11.1 Å². The van der Waals surface area contributed by atoms with E-state index in [9.17, 15) is 0 Å². The summed E-state index contributed by atoms with van der Waals surface area (Å²) in [6.45, 7) is 3.93. The van der Waals surface area contributed by atoms with E-state index < -0.39 is 0 Å². The van der Waals surface area contributed by atoms with E-state index in [0.29, 0.717) is 0 Å². The van der Waals surface area contributed by atoms with Crippen LogP contribution >= 0.6 is 0 Å². The summed E-state index contributed by atoms with van der Waals surface area (Å²) >= 11 is 0. The standard InChI is InChI=1S/C18H18N2O/c1-12-10-11-14-6-5-9-17(18(14)20-12)21-16-8-4-3-7-15(16)13(2)19/h3-11,13H,19H2,1-2H3/t13-/m0/s1. The van der Waals surface area contributed by atoms with Gasteiger partial charge in [-0.2, -0.15) is 0 Å². The molecule has 3 rings (SSSR count). The van der Waals surface area contributed by atoms with Gasteiger partial charge in [0, 0.05) is 22.7 Å². The highest BCUT2D eigenvalue weighted by atomic mass is 16.5. The van der Waals surface area contributed by atoms with Gasteiger partial charge in [-0.3, -0.25) is 0 Å². The van der Waals surface area contributed by atoms with Crippen molar-refractivity contribution in [2.75, 3.05) is 0 Å². The molecule has 0 unspecified atom stereocenters. The Morgan fingerprint density at radius 1 is 0.952 bits per heavy atom. The zero-order valence-electron chi connectivity index (χ0n) is 12.2. The number of para-hydroxylation sites is 2. The topological polar surface area (TPSA) is 48.1 Å². The van der Waals surface area contributed by atoms with Crippen molar-refractivity contribution in [2.24, 2.45) is 5.73 Å². The Morgan fingerprint density at radius 2 is 1.71 bits per heavy atom. The Balaban J connectivity index is 2.08. The monoisotopic (exact) mass is 278 g/mol. The summed E-state index contributed by atoms with van der Waals surface area (Å²) in [5.41, 5.74) is 8.84. The quantitative estimate of drug-likeness (QED) is 0.774. The average Bonchev–Trinajstić information content (AvgIpc) is 2.48. The van der Waals surface area contributed by atoms with Crippen molar-refractivity contribution in [3.05, 3.63) is 65.9 Å². The molecule has 0 fully saturated rings. The van der Waals surface area contributed by atoms with Gasteiger partial charge in [-0.15, -0.1) is 0 Å². The minimum Gasteiger partial charge on any atom is -0.455 e. The van der Waals surface area contributed by atoms with E-state index in [-0.39, 0.29) is 6.04 Å². The number of hydrogen-bond acceptors (Lipinski definition) is 3. The molecule has 0 saturated heterocycles. The molecule has 3 nitrogen and oxygen atoms in total. The first kappa shape index (κ1) is 13.6. The van der Waals surface area contributed by atoms with Gasteiger partial charge in [-0.25, -0.2) is 4.98 Å². The number of nitrogens with zero attached hydrogens (tertiary/aromatic N) is 1. The van der Waals surface area contributed by atoms with Gasteiger partial charge in [0.2, 0.25) is 0 Å². The molecule has 1 heterocycles. The van der Waals surface area contributed by atoms with Crippen LogP contribution in [0, 0.1) is 6.92 Å². The van der Waals surface area contributed by atoms with Crippen molar-refractivity contribution in [3.8, 4) is 11.5 Å². The Kier molecular flexibility index (Phi) is 3.59. The highest BCUT2D eigenvalue weighted by Gasteiger charge is 2.10. The first-order valence-electron chi connectivity index (χ1n) is 7.04. The Morgan fingerprint density at radius 3 is 2.52 bits per heavy atom. The van der Waals surface area contributed by atoms with E-state index >= 15 is 0 Å². The summed E-state index contributed by atoms with van der Waals surface area (Å²) in [7, 11) is 0. The molecule has 1 aromatic heterocycles. The van der Waals surface area contributed by atoms with Crippen LogP contribution in [0.1, 0.15) is 24.2 Å². The first-order chi connectivity index (χ1) is 10.1. The second-order valence-corrected chi connectivity index (χ2v) is 5.21. The third-order valence-corrected chi connectivity index (χ3v) is 3.45. The lowest BCUT2D eigenvalue weighted by Gasteiger charge is -2.14. The first-order valence-corrected chi connectivity index (χ1v) is 7.04. The molecule has 21 heavy (non-hydrogen) atoms. The van der Waals surface area contributed by atoms with E-state index in [4.69, 9.17) is 10.5 Å². The second kappa shape index (κ2) is 5.54. The van der Waals surface area contributed by atoms with Crippen molar-refractivity contribution < 1.29 is 4.74 Å². The minimum absolute atomic E-state index is 0.0779. The van der Waals surface area contributed by atoms with Gasteiger partial charge in [0.15, 0.2) is 5.75 Å².